The van der Waals surface area contributed by atoms with Crippen LogP contribution in [0.3, 0.4) is 0 Å². The topological polar surface area (TPSA) is 49.7 Å². The molecule has 0 saturated carbocycles. The number of methoxy groups -OCH3 is 1. The van der Waals surface area contributed by atoms with Gasteiger partial charge in [-0.15, -0.1) is 0 Å². The average molecular weight is 450 g/mol. The van der Waals surface area contributed by atoms with Crippen molar-refractivity contribution in [3.8, 4) is 5.75 Å². The molecule has 2 N–H and O–H groups in total. The number of halogens is 1. The molecule has 1 saturated heterocycles. The minimum atomic E-state index is -0.00684. The van der Waals surface area contributed by atoms with Gasteiger partial charge in [0.1, 0.15) is 17.3 Å². The lowest BCUT2D eigenvalue weighted by Crippen LogP contribution is -2.63. The van der Waals surface area contributed by atoms with Crippen LogP contribution in [0.25, 0.3) is 0 Å². The molecule has 164 valence electrons. The summed E-state index contributed by atoms with van der Waals surface area (Å²) in [6.45, 7) is 11.5. The lowest BCUT2D eigenvalue weighted by molar-refractivity contribution is 0.0981. The summed E-state index contributed by atoms with van der Waals surface area (Å²) in [5.41, 5.74) is 0.739. The van der Waals surface area contributed by atoms with Crippen molar-refractivity contribution in [3.05, 3.63) is 46.9 Å². The molecule has 5 nitrogen and oxygen atoms in total. The minimum absolute atomic E-state index is 0.00684. The molecule has 30 heavy (non-hydrogen) atoms. The third-order valence-corrected chi connectivity index (χ3v) is 5.97. The predicted molar refractivity (Wildman–Crippen MR) is 128 cm³/mol. The zero-order chi connectivity index (χ0) is 22.1. The third kappa shape index (κ3) is 5.68. The Labute approximate surface area is 190 Å². The van der Waals surface area contributed by atoms with E-state index in [2.05, 4.69) is 43.2 Å². The molecule has 0 amide bonds. The highest BCUT2D eigenvalue weighted by molar-refractivity contribution is 7.80. The molecule has 0 atom stereocenters. The molecule has 7 heteroatoms. The van der Waals surface area contributed by atoms with Crippen molar-refractivity contribution in [1.82, 2.24) is 10.2 Å². The number of furan rings is 1. The van der Waals surface area contributed by atoms with Crippen molar-refractivity contribution < 1.29 is 9.15 Å². The van der Waals surface area contributed by atoms with E-state index in [0.29, 0.717) is 22.4 Å². The van der Waals surface area contributed by atoms with Crippen LogP contribution in [-0.2, 0) is 6.54 Å². The SMILES string of the molecule is COc1ccc(Cl)cc1NC(=S)N(Cc1ccc(C)o1)C1CC(C)(C)NC(C)(C)C1. The Morgan fingerprint density at radius 1 is 1.23 bits per heavy atom. The van der Waals surface area contributed by atoms with Gasteiger partial charge in [-0.05, 0) is 90.0 Å². The second-order valence-electron chi connectivity index (χ2n) is 9.37. The molecule has 0 aliphatic carbocycles. The fraction of sp³-hybridized carbons (Fsp3) is 0.522. The van der Waals surface area contributed by atoms with Crippen LogP contribution in [0.2, 0.25) is 5.02 Å². The number of rotatable bonds is 5. The number of benzene rings is 1. The zero-order valence-electron chi connectivity index (χ0n) is 18.6. The molecule has 2 heterocycles. The summed E-state index contributed by atoms with van der Waals surface area (Å²) in [6.07, 6.45) is 1.93. The molecule has 0 spiro atoms. The van der Waals surface area contributed by atoms with Crippen molar-refractivity contribution in [2.24, 2.45) is 0 Å². The van der Waals surface area contributed by atoms with Crippen molar-refractivity contribution in [3.63, 3.8) is 0 Å². The van der Waals surface area contributed by atoms with Gasteiger partial charge in [0.2, 0.25) is 0 Å². The van der Waals surface area contributed by atoms with E-state index in [1.807, 2.05) is 31.2 Å². The van der Waals surface area contributed by atoms with E-state index < -0.39 is 0 Å². The van der Waals surface area contributed by atoms with Crippen molar-refractivity contribution in [2.75, 3.05) is 12.4 Å². The zero-order valence-corrected chi connectivity index (χ0v) is 20.2. The predicted octanol–water partition coefficient (Wildman–Crippen LogP) is 5.76. The Morgan fingerprint density at radius 3 is 2.47 bits per heavy atom. The Morgan fingerprint density at radius 2 is 1.90 bits per heavy atom. The van der Waals surface area contributed by atoms with Gasteiger partial charge in [0.15, 0.2) is 5.11 Å². The van der Waals surface area contributed by atoms with Gasteiger partial charge < -0.3 is 24.7 Å². The van der Waals surface area contributed by atoms with Gasteiger partial charge in [-0.2, -0.15) is 0 Å². The Kier molecular flexibility index (Phi) is 6.70. The van der Waals surface area contributed by atoms with E-state index in [9.17, 15) is 0 Å². The monoisotopic (exact) mass is 449 g/mol. The van der Waals surface area contributed by atoms with Crippen molar-refractivity contribution in [1.29, 1.82) is 0 Å². The quantitative estimate of drug-likeness (QED) is 0.566. The van der Waals surface area contributed by atoms with Gasteiger partial charge in [0.25, 0.3) is 0 Å². The Hall–Kier alpha value is -1.76. The summed E-state index contributed by atoms with van der Waals surface area (Å²) < 4.78 is 11.4. The largest absolute Gasteiger partial charge is 0.495 e. The molecule has 0 bridgehead atoms. The molecule has 0 radical (unpaired) electrons. The van der Waals surface area contributed by atoms with Crippen LogP contribution in [0.15, 0.2) is 34.7 Å². The van der Waals surface area contributed by atoms with Crippen LogP contribution >= 0.6 is 23.8 Å². The van der Waals surface area contributed by atoms with Crippen LogP contribution in [0.1, 0.15) is 52.1 Å². The van der Waals surface area contributed by atoms with Gasteiger partial charge in [-0.1, -0.05) is 11.6 Å². The number of thiocarbonyl (C=S) groups is 1. The highest BCUT2D eigenvalue weighted by atomic mass is 35.5. The molecule has 1 aliphatic heterocycles. The number of hydrogen-bond donors (Lipinski definition) is 2. The van der Waals surface area contributed by atoms with E-state index in [1.54, 1.807) is 13.2 Å². The first-order valence-corrected chi connectivity index (χ1v) is 11.0. The number of anilines is 1. The molecule has 0 unspecified atom stereocenters. The highest BCUT2D eigenvalue weighted by Gasteiger charge is 2.41. The van der Waals surface area contributed by atoms with Crippen molar-refractivity contribution in [2.45, 2.75) is 71.1 Å². The fourth-order valence-electron chi connectivity index (χ4n) is 4.56. The van der Waals surface area contributed by atoms with Gasteiger partial charge in [0, 0.05) is 22.1 Å². The van der Waals surface area contributed by atoms with Crippen molar-refractivity contribution >= 4 is 34.6 Å². The van der Waals surface area contributed by atoms with Crippen LogP contribution in [0.4, 0.5) is 5.69 Å². The number of piperidine rings is 1. The minimum Gasteiger partial charge on any atom is -0.495 e. The standard InChI is InChI=1S/C23H32ClN3O2S/c1-15-7-9-18(29-15)14-27(17-12-22(2,3)26-23(4,5)13-17)21(30)25-19-11-16(24)8-10-20(19)28-6/h7-11,17,26H,12-14H2,1-6H3,(H,25,30). The smallest absolute Gasteiger partial charge is 0.174 e. The summed E-state index contributed by atoms with van der Waals surface area (Å²) >= 11 is 12.1. The van der Waals surface area contributed by atoms with Gasteiger partial charge in [-0.25, -0.2) is 0 Å². The van der Waals surface area contributed by atoms with Gasteiger partial charge >= 0.3 is 0 Å². The highest BCUT2D eigenvalue weighted by Crippen LogP contribution is 2.34. The van der Waals surface area contributed by atoms with E-state index in [4.69, 9.17) is 33.0 Å². The summed E-state index contributed by atoms with van der Waals surface area (Å²) in [6, 6.07) is 9.72. The average Bonchev–Trinajstić information content (AvgIpc) is 3.02. The van der Waals surface area contributed by atoms with E-state index >= 15 is 0 Å². The first-order chi connectivity index (χ1) is 14.0. The number of nitrogens with one attached hydrogen (secondary N) is 2. The van der Waals surface area contributed by atoms with Gasteiger partial charge in [0.05, 0.1) is 19.3 Å². The number of nitrogens with zero attached hydrogens (tertiary/aromatic N) is 1. The lowest BCUT2D eigenvalue weighted by Gasteiger charge is -2.50. The number of ether oxygens (including phenoxy) is 1. The lowest BCUT2D eigenvalue weighted by atomic mass is 9.79. The maximum atomic E-state index is 6.22. The first-order valence-electron chi connectivity index (χ1n) is 10.2. The Balaban J connectivity index is 1.91. The maximum absolute atomic E-state index is 6.22. The van der Waals surface area contributed by atoms with Crippen LogP contribution in [0.5, 0.6) is 5.75 Å². The van der Waals surface area contributed by atoms with Crippen LogP contribution < -0.4 is 15.4 Å². The van der Waals surface area contributed by atoms with Crippen LogP contribution in [0, 0.1) is 6.92 Å². The molecular weight excluding hydrogens is 418 g/mol. The maximum Gasteiger partial charge on any atom is 0.174 e. The molecule has 1 aliphatic rings. The normalized spacial score (nSPS) is 18.1. The molecular formula is C23H32ClN3O2S. The summed E-state index contributed by atoms with van der Waals surface area (Å²) in [7, 11) is 1.64. The molecule has 1 aromatic carbocycles. The van der Waals surface area contributed by atoms with E-state index in [-0.39, 0.29) is 17.1 Å². The van der Waals surface area contributed by atoms with E-state index in [1.165, 1.54) is 0 Å². The molecule has 2 aromatic rings. The third-order valence-electron chi connectivity index (χ3n) is 5.40. The molecule has 1 fully saturated rings. The molecule has 3 rings (SSSR count). The number of hydrogen-bond acceptors (Lipinski definition) is 4. The summed E-state index contributed by atoms with van der Waals surface area (Å²) in [4.78, 5) is 2.23. The number of aryl methyl sites for hydroxylation is 1. The summed E-state index contributed by atoms with van der Waals surface area (Å²) in [5.74, 6) is 2.48. The first kappa shape index (κ1) is 22.9. The van der Waals surface area contributed by atoms with Gasteiger partial charge in [-0.3, -0.25) is 0 Å². The molecule has 1 aromatic heterocycles. The van der Waals surface area contributed by atoms with E-state index in [0.717, 1.165) is 30.0 Å². The second-order valence-corrected chi connectivity index (χ2v) is 10.2. The summed E-state index contributed by atoms with van der Waals surface area (Å²) in [5, 5.41) is 8.37. The second kappa shape index (κ2) is 8.77. The van der Waals surface area contributed by atoms with Crippen LogP contribution in [-0.4, -0.2) is 34.2 Å². The Bertz CT molecular complexity index is 894. The fourth-order valence-corrected chi connectivity index (χ4v) is 5.05.